The molecule has 22 heavy (non-hydrogen) atoms. The van der Waals surface area contributed by atoms with E-state index in [1.54, 1.807) is 18.5 Å². The van der Waals surface area contributed by atoms with Crippen LogP contribution in [0.2, 0.25) is 0 Å². The van der Waals surface area contributed by atoms with Crippen molar-refractivity contribution in [2.45, 2.75) is 64.9 Å². The number of nitrogens with two attached hydrogens (primary N) is 1. The second-order valence-electron chi connectivity index (χ2n) is 6.28. The third kappa shape index (κ3) is 4.68. The molecule has 0 aliphatic carbocycles. The molecule has 1 heterocycles. The summed E-state index contributed by atoms with van der Waals surface area (Å²) in [5.74, 6) is 0.349. The predicted octanol–water partition coefficient (Wildman–Crippen LogP) is 1.98. The third-order valence-corrected chi connectivity index (χ3v) is 5.46. The summed E-state index contributed by atoms with van der Waals surface area (Å²) in [4.78, 5) is 0.271. The van der Waals surface area contributed by atoms with Crippen molar-refractivity contribution < 1.29 is 8.42 Å². The summed E-state index contributed by atoms with van der Waals surface area (Å²) in [5, 5.41) is 4.28. The number of halogens is 1. The Hall–Kier alpha value is -0.630. The highest BCUT2D eigenvalue weighted by molar-refractivity contribution is 7.89. The van der Waals surface area contributed by atoms with Crippen LogP contribution < -0.4 is 10.5 Å². The van der Waals surface area contributed by atoms with Crippen molar-refractivity contribution in [2.75, 3.05) is 6.54 Å². The molecule has 0 fully saturated rings. The highest BCUT2D eigenvalue weighted by Crippen LogP contribution is 2.23. The number of aryl methyl sites for hydroxylation is 2. The van der Waals surface area contributed by atoms with Crippen molar-refractivity contribution in [2.24, 2.45) is 11.7 Å². The molecule has 1 atom stereocenters. The summed E-state index contributed by atoms with van der Waals surface area (Å²) in [7, 11) is -3.64. The van der Waals surface area contributed by atoms with Crippen LogP contribution in [0.4, 0.5) is 0 Å². The van der Waals surface area contributed by atoms with Crippen LogP contribution in [0.1, 0.15) is 45.5 Å². The first-order valence-corrected chi connectivity index (χ1v) is 8.82. The number of nitrogens with zero attached hydrogens (tertiary/aromatic N) is 2. The molecular formula is C14H29ClN4O2S. The molecule has 0 aliphatic rings. The van der Waals surface area contributed by atoms with Gasteiger partial charge in [0.2, 0.25) is 10.0 Å². The molecule has 0 bridgehead atoms. The molecule has 0 radical (unpaired) electrons. The summed E-state index contributed by atoms with van der Waals surface area (Å²) < 4.78 is 30.0. The van der Waals surface area contributed by atoms with Crippen molar-refractivity contribution in [1.29, 1.82) is 0 Å². The summed E-state index contributed by atoms with van der Waals surface area (Å²) >= 11 is 0. The molecule has 6 nitrogen and oxygen atoms in total. The zero-order valence-electron chi connectivity index (χ0n) is 14.3. The van der Waals surface area contributed by atoms with Crippen molar-refractivity contribution in [3.05, 3.63) is 11.4 Å². The number of sulfonamides is 1. The van der Waals surface area contributed by atoms with E-state index in [9.17, 15) is 8.42 Å². The van der Waals surface area contributed by atoms with Crippen LogP contribution in [0, 0.1) is 19.8 Å². The van der Waals surface area contributed by atoms with E-state index in [2.05, 4.69) is 9.82 Å². The van der Waals surface area contributed by atoms with Crippen molar-refractivity contribution in [1.82, 2.24) is 14.5 Å². The van der Waals surface area contributed by atoms with Crippen LogP contribution in [0.3, 0.4) is 0 Å². The van der Waals surface area contributed by atoms with Crippen LogP contribution in [0.5, 0.6) is 0 Å². The van der Waals surface area contributed by atoms with E-state index in [0.29, 0.717) is 30.3 Å². The lowest BCUT2D eigenvalue weighted by Crippen LogP contribution is -2.52. The first kappa shape index (κ1) is 21.4. The third-order valence-electron chi connectivity index (χ3n) is 3.57. The molecular weight excluding hydrogens is 324 g/mol. The lowest BCUT2D eigenvalue weighted by Gasteiger charge is -2.30. The van der Waals surface area contributed by atoms with Gasteiger partial charge < -0.3 is 5.73 Å². The minimum atomic E-state index is -3.64. The van der Waals surface area contributed by atoms with Gasteiger partial charge in [0.15, 0.2) is 0 Å². The van der Waals surface area contributed by atoms with Gasteiger partial charge in [0, 0.05) is 18.6 Å². The van der Waals surface area contributed by atoms with Gasteiger partial charge in [-0.1, -0.05) is 13.8 Å². The monoisotopic (exact) mass is 352 g/mol. The molecule has 8 heteroatoms. The number of nitrogens with one attached hydrogen (secondary N) is 1. The number of aromatic nitrogens is 2. The molecule has 1 unspecified atom stereocenters. The molecule has 0 aromatic carbocycles. The normalized spacial score (nSPS) is 14.7. The van der Waals surface area contributed by atoms with Gasteiger partial charge in [0.05, 0.1) is 11.4 Å². The van der Waals surface area contributed by atoms with Gasteiger partial charge in [-0.3, -0.25) is 4.68 Å². The van der Waals surface area contributed by atoms with E-state index in [4.69, 9.17) is 5.73 Å². The lowest BCUT2D eigenvalue weighted by molar-refractivity contribution is 0.344. The van der Waals surface area contributed by atoms with E-state index in [0.717, 1.165) is 0 Å². The maximum Gasteiger partial charge on any atom is 0.244 e. The second-order valence-corrected chi connectivity index (χ2v) is 7.90. The Morgan fingerprint density at radius 1 is 1.36 bits per heavy atom. The van der Waals surface area contributed by atoms with Crippen LogP contribution in [0.15, 0.2) is 4.90 Å². The number of hydrogen-bond acceptors (Lipinski definition) is 4. The predicted molar refractivity (Wildman–Crippen MR) is 91.9 cm³/mol. The standard InChI is InChI=1S/C14H28N4O2S.ClH/c1-7-18-12(5)13(11(4)16-18)21(19,20)17-14(6,9-15)8-10(2)3;/h10,17H,7-9,15H2,1-6H3;1H. The number of rotatable bonds is 7. The largest absolute Gasteiger partial charge is 0.329 e. The maximum atomic E-state index is 12.7. The molecule has 0 saturated heterocycles. The van der Waals surface area contributed by atoms with Gasteiger partial charge in [-0.2, -0.15) is 5.10 Å². The lowest BCUT2D eigenvalue weighted by atomic mass is 9.92. The fourth-order valence-electron chi connectivity index (χ4n) is 2.82. The summed E-state index contributed by atoms with van der Waals surface area (Å²) in [5.41, 5.74) is 6.33. The quantitative estimate of drug-likeness (QED) is 0.785. The molecule has 3 N–H and O–H groups in total. The van der Waals surface area contributed by atoms with Gasteiger partial charge in [-0.15, -0.1) is 12.4 Å². The van der Waals surface area contributed by atoms with Crippen LogP contribution in [-0.4, -0.2) is 30.3 Å². The average Bonchev–Trinajstić information content (AvgIpc) is 2.62. The summed E-state index contributed by atoms with van der Waals surface area (Å²) in [6.45, 7) is 12.3. The minimum Gasteiger partial charge on any atom is -0.329 e. The molecule has 1 aromatic heterocycles. The van der Waals surface area contributed by atoms with Gasteiger partial charge >= 0.3 is 0 Å². The SMILES string of the molecule is CCn1nc(C)c(S(=O)(=O)NC(C)(CN)CC(C)C)c1C.Cl. The van der Waals surface area contributed by atoms with Gasteiger partial charge in [0.25, 0.3) is 0 Å². The summed E-state index contributed by atoms with van der Waals surface area (Å²) in [6, 6.07) is 0. The Balaban J connectivity index is 0.00000441. The van der Waals surface area contributed by atoms with Crippen molar-refractivity contribution >= 4 is 22.4 Å². The Kier molecular flexibility index (Phi) is 7.54. The molecule has 0 spiro atoms. The maximum absolute atomic E-state index is 12.7. The van der Waals surface area contributed by atoms with Crippen LogP contribution in [0.25, 0.3) is 0 Å². The molecule has 0 aliphatic heterocycles. The highest BCUT2D eigenvalue weighted by Gasteiger charge is 2.33. The van der Waals surface area contributed by atoms with Crippen molar-refractivity contribution in [3.63, 3.8) is 0 Å². The van der Waals surface area contributed by atoms with E-state index in [1.165, 1.54) is 0 Å². The van der Waals surface area contributed by atoms with Gasteiger partial charge in [-0.05, 0) is 40.0 Å². The molecule has 1 aromatic rings. The van der Waals surface area contributed by atoms with Gasteiger partial charge in [0.1, 0.15) is 4.90 Å². The Morgan fingerprint density at radius 2 is 1.91 bits per heavy atom. The van der Waals surface area contributed by atoms with Gasteiger partial charge in [-0.25, -0.2) is 13.1 Å². The average molecular weight is 353 g/mol. The van der Waals surface area contributed by atoms with E-state index in [-0.39, 0.29) is 23.8 Å². The molecule has 1 rings (SSSR count). The Bertz CT molecular complexity index is 598. The zero-order valence-corrected chi connectivity index (χ0v) is 15.9. The van der Waals surface area contributed by atoms with Crippen LogP contribution in [-0.2, 0) is 16.6 Å². The fraction of sp³-hybridized carbons (Fsp3) is 0.786. The first-order valence-electron chi connectivity index (χ1n) is 7.34. The van der Waals surface area contributed by atoms with E-state index < -0.39 is 15.6 Å². The smallest absolute Gasteiger partial charge is 0.244 e. The van der Waals surface area contributed by atoms with Crippen molar-refractivity contribution in [3.8, 4) is 0 Å². The Morgan fingerprint density at radius 3 is 2.27 bits per heavy atom. The van der Waals surface area contributed by atoms with E-state index in [1.807, 2.05) is 27.7 Å². The highest BCUT2D eigenvalue weighted by atomic mass is 35.5. The minimum absolute atomic E-state index is 0. The molecule has 130 valence electrons. The Labute approximate surface area is 140 Å². The topological polar surface area (TPSA) is 90.0 Å². The number of hydrogen-bond donors (Lipinski definition) is 2. The second kappa shape index (κ2) is 7.77. The zero-order chi connectivity index (χ0) is 16.4. The molecule has 0 saturated carbocycles. The first-order chi connectivity index (χ1) is 9.56. The fourth-order valence-corrected chi connectivity index (χ4v) is 4.66. The van der Waals surface area contributed by atoms with E-state index >= 15 is 0 Å². The summed E-state index contributed by atoms with van der Waals surface area (Å²) in [6.07, 6.45) is 0.683. The van der Waals surface area contributed by atoms with Crippen LogP contribution >= 0.6 is 12.4 Å². The molecule has 0 amide bonds.